The van der Waals surface area contributed by atoms with E-state index in [4.69, 9.17) is 0 Å². The Morgan fingerprint density at radius 2 is 1.29 bits per heavy atom. The molecule has 1 saturated carbocycles. The molecule has 0 amide bonds. The molecule has 0 bridgehead atoms. The van der Waals surface area contributed by atoms with Gasteiger partial charge in [0.2, 0.25) is 0 Å². The molecule has 1 fully saturated rings. The first-order valence-electron chi connectivity index (χ1n) is 12.8. The molecule has 0 saturated heterocycles. The van der Waals surface area contributed by atoms with Crippen molar-refractivity contribution in [3.63, 3.8) is 0 Å². The second-order valence-electron chi connectivity index (χ2n) is 10.2. The van der Waals surface area contributed by atoms with Gasteiger partial charge < -0.3 is 5.21 Å². The largest absolute Gasteiger partial charge is 0.618 e. The summed E-state index contributed by atoms with van der Waals surface area (Å²) in [7, 11) is 0. The Labute approximate surface area is 208 Å². The summed E-state index contributed by atoms with van der Waals surface area (Å²) in [5, 5.41) is 11.0. The zero-order valence-corrected chi connectivity index (χ0v) is 22.6. The number of hydrogen-bond acceptors (Lipinski definition) is 2. The first-order chi connectivity index (χ1) is 16.1. The summed E-state index contributed by atoms with van der Waals surface area (Å²) in [6, 6.07) is 22.0. The third-order valence-electron chi connectivity index (χ3n) is 5.76. The molecule has 1 aliphatic carbocycles. The van der Waals surface area contributed by atoms with Crippen LogP contribution in [-0.4, -0.2) is 4.98 Å². The predicted molar refractivity (Wildman–Crippen MR) is 146 cm³/mol. The van der Waals surface area contributed by atoms with Gasteiger partial charge in [0.1, 0.15) is 0 Å². The molecule has 34 heavy (non-hydrogen) atoms. The molecule has 2 heterocycles. The molecule has 0 unspecified atom stereocenters. The number of benzene rings is 1. The molecule has 4 rings (SSSR count). The Kier molecular flexibility index (Phi) is 13.8. The number of rotatable bonds is 4. The van der Waals surface area contributed by atoms with Crippen molar-refractivity contribution in [1.29, 1.82) is 0 Å². The van der Waals surface area contributed by atoms with E-state index in [0.29, 0.717) is 17.8 Å². The summed E-state index contributed by atoms with van der Waals surface area (Å²) in [6.07, 6.45) is 6.35. The molecular weight excluding hydrogens is 416 g/mol. The van der Waals surface area contributed by atoms with E-state index in [9.17, 15) is 5.21 Å². The average molecular weight is 463 g/mol. The van der Waals surface area contributed by atoms with Crippen LogP contribution in [0.25, 0.3) is 0 Å². The molecule has 2 aromatic heterocycles. The SMILES string of the molecule is CC(C)C1CC1.CC(C)c1cccc[n+]1[O-].CC(C)c1ccccc1.CC(C)c1ccccn1. The number of aromatic nitrogens is 2. The van der Waals surface area contributed by atoms with Gasteiger partial charge in [0.25, 0.3) is 0 Å². The quantitative estimate of drug-likeness (QED) is 0.288. The van der Waals surface area contributed by atoms with E-state index < -0.39 is 0 Å². The van der Waals surface area contributed by atoms with E-state index in [2.05, 4.69) is 70.8 Å². The lowest BCUT2D eigenvalue weighted by molar-refractivity contribution is -0.615. The zero-order chi connectivity index (χ0) is 25.5. The summed E-state index contributed by atoms with van der Waals surface area (Å²) < 4.78 is 0.907. The highest BCUT2D eigenvalue weighted by Gasteiger charge is 2.23. The number of nitrogens with zero attached hydrogens (tertiary/aromatic N) is 2. The topological polar surface area (TPSA) is 39.8 Å². The van der Waals surface area contributed by atoms with Gasteiger partial charge in [-0.3, -0.25) is 4.98 Å². The fraction of sp³-hybridized carbons (Fsp3) is 0.484. The van der Waals surface area contributed by atoms with Crippen molar-refractivity contribution >= 4 is 0 Å². The molecule has 1 aliphatic rings. The summed E-state index contributed by atoms with van der Waals surface area (Å²) >= 11 is 0. The molecule has 0 radical (unpaired) electrons. The Hall–Kier alpha value is -2.68. The summed E-state index contributed by atoms with van der Waals surface area (Å²) in [4.78, 5) is 4.18. The maximum absolute atomic E-state index is 11.0. The van der Waals surface area contributed by atoms with Crippen LogP contribution in [0.5, 0.6) is 0 Å². The lowest BCUT2D eigenvalue weighted by Crippen LogP contribution is -2.31. The normalized spacial score (nSPS) is 12.4. The zero-order valence-electron chi connectivity index (χ0n) is 22.6. The molecule has 0 N–H and O–H groups in total. The third kappa shape index (κ3) is 12.5. The van der Waals surface area contributed by atoms with Gasteiger partial charge in [-0.25, -0.2) is 0 Å². The second-order valence-corrected chi connectivity index (χ2v) is 10.2. The number of hydrogen-bond donors (Lipinski definition) is 0. The summed E-state index contributed by atoms with van der Waals surface area (Å²) in [5.41, 5.74) is 3.40. The van der Waals surface area contributed by atoms with Crippen molar-refractivity contribution in [2.45, 2.75) is 86.0 Å². The predicted octanol–water partition coefficient (Wildman–Crippen LogP) is 8.51. The van der Waals surface area contributed by atoms with Gasteiger partial charge >= 0.3 is 0 Å². The van der Waals surface area contributed by atoms with E-state index >= 15 is 0 Å². The molecule has 3 heteroatoms. The molecule has 3 nitrogen and oxygen atoms in total. The Morgan fingerprint density at radius 1 is 0.706 bits per heavy atom. The molecule has 3 aromatic rings. The van der Waals surface area contributed by atoms with E-state index in [1.54, 1.807) is 6.07 Å². The molecule has 1 aromatic carbocycles. The Balaban J connectivity index is 0.000000230. The standard InChI is InChI=1S/C9H12.C8H11NO.C8H11N.C6H12/c1-8(2)9-6-4-3-5-7-9;1-7(2)8-5-3-4-6-9(8)10;1-7(2)8-5-3-4-6-9-8;1-5(2)6-3-4-6/h3-8H,1-2H3;3-7H,1-2H3;3-7H,1-2H3;5-6H,3-4H2,1-2H3. The summed E-state index contributed by atoms with van der Waals surface area (Å²) in [6.45, 7) is 17.3. The number of pyridine rings is 2. The molecule has 0 atom stereocenters. The van der Waals surface area contributed by atoms with Crippen LogP contribution in [0.2, 0.25) is 0 Å². The van der Waals surface area contributed by atoms with Crippen molar-refractivity contribution < 1.29 is 4.73 Å². The van der Waals surface area contributed by atoms with Crippen molar-refractivity contribution in [2.24, 2.45) is 11.8 Å². The highest BCUT2D eigenvalue weighted by atomic mass is 16.5. The van der Waals surface area contributed by atoms with Crippen LogP contribution >= 0.6 is 0 Å². The van der Waals surface area contributed by atoms with Gasteiger partial charge in [0.15, 0.2) is 11.9 Å². The minimum atomic E-state index is 0.304. The fourth-order valence-corrected chi connectivity index (χ4v) is 3.21. The maximum Gasteiger partial charge on any atom is 0.195 e. The summed E-state index contributed by atoms with van der Waals surface area (Å²) in [5.74, 6) is 3.58. The molecule has 0 aliphatic heterocycles. The average Bonchev–Trinajstić information content (AvgIpc) is 3.68. The maximum atomic E-state index is 11.0. The highest BCUT2D eigenvalue weighted by Crippen LogP contribution is 2.35. The van der Waals surface area contributed by atoms with E-state index in [0.717, 1.165) is 28.0 Å². The van der Waals surface area contributed by atoms with Crippen LogP contribution in [-0.2, 0) is 0 Å². The van der Waals surface area contributed by atoms with Gasteiger partial charge in [-0.1, -0.05) is 97.9 Å². The van der Waals surface area contributed by atoms with Crippen molar-refractivity contribution in [2.75, 3.05) is 0 Å². The van der Waals surface area contributed by atoms with Crippen LogP contribution in [0.1, 0.15) is 103 Å². The van der Waals surface area contributed by atoms with Gasteiger partial charge in [-0.15, -0.1) is 0 Å². The van der Waals surface area contributed by atoms with Gasteiger partial charge in [-0.2, -0.15) is 4.73 Å². The van der Waals surface area contributed by atoms with Crippen molar-refractivity contribution in [3.05, 3.63) is 101 Å². The lowest BCUT2D eigenvalue weighted by Gasteiger charge is -2.04. The van der Waals surface area contributed by atoms with Gasteiger partial charge in [0.05, 0.1) is 0 Å². The van der Waals surface area contributed by atoms with Gasteiger partial charge in [-0.05, 0) is 54.2 Å². The smallest absolute Gasteiger partial charge is 0.195 e. The lowest BCUT2D eigenvalue weighted by atomic mass is 10.0. The fourth-order valence-electron chi connectivity index (χ4n) is 3.21. The van der Waals surface area contributed by atoms with E-state index in [1.165, 1.54) is 24.6 Å². The van der Waals surface area contributed by atoms with Crippen LogP contribution in [0.4, 0.5) is 0 Å². The van der Waals surface area contributed by atoms with Crippen LogP contribution < -0.4 is 4.73 Å². The molecule has 0 spiro atoms. The van der Waals surface area contributed by atoms with Crippen LogP contribution in [0, 0.1) is 17.0 Å². The van der Waals surface area contributed by atoms with Gasteiger partial charge in [0, 0.05) is 29.9 Å². The van der Waals surface area contributed by atoms with Crippen molar-refractivity contribution in [1.82, 2.24) is 4.98 Å². The first kappa shape index (κ1) is 29.4. The minimum absolute atomic E-state index is 0.304. The first-order valence-corrected chi connectivity index (χ1v) is 12.8. The Bertz CT molecular complexity index is 842. The van der Waals surface area contributed by atoms with E-state index in [-0.39, 0.29) is 0 Å². The van der Waals surface area contributed by atoms with Crippen LogP contribution in [0.15, 0.2) is 79.1 Å². The van der Waals surface area contributed by atoms with Crippen LogP contribution in [0.3, 0.4) is 0 Å². The van der Waals surface area contributed by atoms with Crippen molar-refractivity contribution in [3.8, 4) is 0 Å². The molecule has 186 valence electrons. The van der Waals surface area contributed by atoms with E-state index in [1.807, 2.05) is 56.4 Å². The molecular formula is C31H46N2O. The second kappa shape index (κ2) is 16.0. The monoisotopic (exact) mass is 462 g/mol. The Morgan fingerprint density at radius 3 is 1.59 bits per heavy atom. The highest BCUT2D eigenvalue weighted by molar-refractivity contribution is 5.17. The minimum Gasteiger partial charge on any atom is -0.618 e. The third-order valence-corrected chi connectivity index (χ3v) is 5.76.